The first kappa shape index (κ1) is 18.2. The van der Waals surface area contributed by atoms with Crippen molar-refractivity contribution in [2.45, 2.75) is 32.2 Å². The predicted molar refractivity (Wildman–Crippen MR) is 107 cm³/mol. The minimum atomic E-state index is 0.224. The van der Waals surface area contributed by atoms with E-state index in [1.54, 1.807) is 11.3 Å². The van der Waals surface area contributed by atoms with Gasteiger partial charge in [-0.05, 0) is 44.0 Å². The smallest absolute Gasteiger partial charge is 0.277 e. The van der Waals surface area contributed by atoms with E-state index in [0.717, 1.165) is 54.4 Å². The number of hydrogen-bond donors (Lipinski definition) is 1. The van der Waals surface area contributed by atoms with Crippen molar-refractivity contribution in [3.05, 3.63) is 52.9 Å². The Morgan fingerprint density at radius 3 is 2.96 bits per heavy atom. The minimum Gasteiger partial charge on any atom is -0.460 e. The molecule has 5 nitrogen and oxygen atoms in total. The van der Waals surface area contributed by atoms with Crippen LogP contribution in [0.3, 0.4) is 0 Å². The van der Waals surface area contributed by atoms with Gasteiger partial charge in [0.2, 0.25) is 0 Å². The molecule has 27 heavy (non-hydrogen) atoms. The van der Waals surface area contributed by atoms with Crippen LogP contribution in [0.2, 0.25) is 0 Å². The van der Waals surface area contributed by atoms with Crippen molar-refractivity contribution in [3.8, 4) is 0 Å². The van der Waals surface area contributed by atoms with Gasteiger partial charge in [0.05, 0.1) is 22.3 Å². The van der Waals surface area contributed by atoms with E-state index in [9.17, 15) is 4.79 Å². The molecule has 1 N–H and O–H groups in total. The highest BCUT2D eigenvalue weighted by Crippen LogP contribution is 2.32. The van der Waals surface area contributed by atoms with Gasteiger partial charge in [0.15, 0.2) is 12.3 Å². The molecule has 1 aromatic carbocycles. The number of benzene rings is 1. The number of aryl methyl sites for hydroxylation is 1. The normalized spacial score (nSPS) is 18.7. The van der Waals surface area contributed by atoms with Crippen molar-refractivity contribution in [3.63, 3.8) is 0 Å². The molecule has 142 valence electrons. The van der Waals surface area contributed by atoms with Gasteiger partial charge in [-0.1, -0.05) is 12.1 Å². The predicted octanol–water partition coefficient (Wildman–Crippen LogP) is 2.62. The summed E-state index contributed by atoms with van der Waals surface area (Å²) in [7, 11) is 2.05. The molecule has 2 aromatic heterocycles. The van der Waals surface area contributed by atoms with Crippen molar-refractivity contribution in [2.24, 2.45) is 0 Å². The van der Waals surface area contributed by atoms with Gasteiger partial charge in [-0.15, -0.1) is 11.3 Å². The number of nitrogens with one attached hydrogen (secondary N) is 1. The molecule has 1 amide bonds. The summed E-state index contributed by atoms with van der Waals surface area (Å²) < 4.78 is 6.86. The molecule has 0 bridgehead atoms. The molecule has 0 radical (unpaired) electrons. The third kappa shape index (κ3) is 4.22. The summed E-state index contributed by atoms with van der Waals surface area (Å²) in [5.41, 5.74) is 1.07. The molecule has 0 saturated carbocycles. The maximum atomic E-state index is 12.8. The van der Waals surface area contributed by atoms with E-state index >= 15 is 0 Å². The van der Waals surface area contributed by atoms with Gasteiger partial charge < -0.3 is 14.2 Å². The van der Waals surface area contributed by atoms with E-state index < -0.39 is 0 Å². The number of nitrogens with zero attached hydrogens (tertiary/aromatic N) is 2. The summed E-state index contributed by atoms with van der Waals surface area (Å²) in [6.07, 6.45) is 2.15. The van der Waals surface area contributed by atoms with Gasteiger partial charge in [0.1, 0.15) is 12.3 Å². The van der Waals surface area contributed by atoms with Crippen LogP contribution in [-0.2, 0) is 11.3 Å². The van der Waals surface area contributed by atoms with Crippen molar-refractivity contribution in [1.82, 2.24) is 9.88 Å². The lowest BCUT2D eigenvalue weighted by Gasteiger charge is -2.32. The number of hydrogen-bond acceptors (Lipinski definition) is 4. The molecule has 0 aliphatic carbocycles. The standard InChI is InChI=1S/C21H25N3O2S/c1-15-9-10-17(26-15)13-23(2)14-20(25)24-11-5-6-16(12-24)21-22-18-7-3-4-8-19(18)27-21/h3-4,7-10,16H,5-6,11-14H2,1-2H3/p+1/t16-/m0/s1. The molecule has 2 atom stereocenters. The molecule has 4 rings (SSSR count). The lowest BCUT2D eigenvalue weighted by atomic mass is 9.98. The molecular formula is C21H26N3O2S+. The van der Waals surface area contributed by atoms with Crippen LogP contribution in [0.5, 0.6) is 0 Å². The number of likely N-dealkylation sites (tertiary alicyclic amines) is 1. The molecule has 1 saturated heterocycles. The Kier molecular flexibility index (Phi) is 5.27. The number of piperidine rings is 1. The Morgan fingerprint density at radius 2 is 2.19 bits per heavy atom. The number of aromatic nitrogens is 1. The fourth-order valence-electron chi connectivity index (χ4n) is 3.78. The first-order chi connectivity index (χ1) is 13.1. The summed E-state index contributed by atoms with van der Waals surface area (Å²) in [5.74, 6) is 2.43. The molecule has 1 fully saturated rings. The Morgan fingerprint density at radius 1 is 1.33 bits per heavy atom. The number of furan rings is 1. The monoisotopic (exact) mass is 384 g/mol. The first-order valence-corrected chi connectivity index (χ1v) is 10.4. The average molecular weight is 385 g/mol. The fourth-order valence-corrected chi connectivity index (χ4v) is 4.87. The number of fused-ring (bicyclic) bond motifs is 1. The molecule has 3 heterocycles. The van der Waals surface area contributed by atoms with Crippen LogP contribution in [0.15, 0.2) is 40.8 Å². The van der Waals surface area contributed by atoms with E-state index in [2.05, 4.69) is 18.2 Å². The maximum absolute atomic E-state index is 12.8. The number of quaternary nitrogens is 1. The number of carbonyl (C=O) groups excluding carboxylic acids is 1. The number of para-hydroxylation sites is 1. The molecule has 3 aromatic rings. The minimum absolute atomic E-state index is 0.224. The number of rotatable bonds is 5. The fraction of sp³-hybridized carbons (Fsp3) is 0.429. The summed E-state index contributed by atoms with van der Waals surface area (Å²) in [6.45, 7) is 4.81. The highest BCUT2D eigenvalue weighted by molar-refractivity contribution is 7.18. The van der Waals surface area contributed by atoms with Crippen molar-refractivity contribution < 1.29 is 14.1 Å². The molecule has 1 unspecified atom stereocenters. The zero-order valence-corrected chi connectivity index (χ0v) is 16.7. The summed E-state index contributed by atoms with van der Waals surface area (Å²) >= 11 is 1.77. The topological polar surface area (TPSA) is 50.8 Å². The van der Waals surface area contributed by atoms with E-state index in [1.165, 1.54) is 9.71 Å². The van der Waals surface area contributed by atoms with Gasteiger partial charge >= 0.3 is 0 Å². The van der Waals surface area contributed by atoms with E-state index in [1.807, 2.05) is 37.1 Å². The molecular weight excluding hydrogens is 358 g/mol. The number of carbonyl (C=O) groups is 1. The molecule has 0 spiro atoms. The Balaban J connectivity index is 1.37. The van der Waals surface area contributed by atoms with E-state index in [0.29, 0.717) is 12.5 Å². The largest absolute Gasteiger partial charge is 0.460 e. The zero-order chi connectivity index (χ0) is 18.8. The Bertz CT molecular complexity index is 899. The van der Waals surface area contributed by atoms with Crippen molar-refractivity contribution in [2.75, 3.05) is 26.7 Å². The van der Waals surface area contributed by atoms with Crippen molar-refractivity contribution in [1.29, 1.82) is 0 Å². The highest BCUT2D eigenvalue weighted by atomic mass is 32.1. The van der Waals surface area contributed by atoms with Gasteiger partial charge in [-0.3, -0.25) is 4.79 Å². The second kappa shape index (κ2) is 7.82. The number of likely N-dealkylation sites (N-methyl/N-ethyl adjacent to an activating group) is 1. The summed E-state index contributed by atoms with van der Waals surface area (Å²) in [4.78, 5) is 20.8. The van der Waals surface area contributed by atoms with Gasteiger partial charge in [-0.25, -0.2) is 4.98 Å². The van der Waals surface area contributed by atoms with E-state index in [-0.39, 0.29) is 5.91 Å². The van der Waals surface area contributed by atoms with Crippen LogP contribution in [-0.4, -0.2) is 42.5 Å². The highest BCUT2D eigenvalue weighted by Gasteiger charge is 2.28. The van der Waals surface area contributed by atoms with E-state index in [4.69, 9.17) is 9.40 Å². The molecule has 1 aliphatic rings. The van der Waals surface area contributed by atoms with Crippen molar-refractivity contribution >= 4 is 27.5 Å². The first-order valence-electron chi connectivity index (χ1n) is 9.58. The van der Waals surface area contributed by atoms with Crippen LogP contribution in [0.1, 0.15) is 35.3 Å². The lowest BCUT2D eigenvalue weighted by molar-refractivity contribution is -0.886. The van der Waals surface area contributed by atoms with Crippen LogP contribution >= 0.6 is 11.3 Å². The SMILES string of the molecule is Cc1ccc(C[NH+](C)CC(=O)N2CCC[C@H](c3nc4ccccc4s3)C2)o1. The zero-order valence-electron chi connectivity index (χ0n) is 15.9. The second-order valence-electron chi connectivity index (χ2n) is 7.52. The third-order valence-electron chi connectivity index (χ3n) is 5.16. The van der Waals surface area contributed by atoms with Crippen LogP contribution in [0.4, 0.5) is 0 Å². The quantitative estimate of drug-likeness (QED) is 0.736. The lowest BCUT2D eigenvalue weighted by Crippen LogP contribution is -3.08. The number of amides is 1. The van der Waals surface area contributed by atoms with Crippen LogP contribution in [0, 0.1) is 6.92 Å². The Labute approximate surface area is 163 Å². The average Bonchev–Trinajstić information content (AvgIpc) is 3.27. The summed E-state index contributed by atoms with van der Waals surface area (Å²) in [6, 6.07) is 12.2. The third-order valence-corrected chi connectivity index (χ3v) is 6.36. The Hall–Kier alpha value is -2.18. The van der Waals surface area contributed by atoms with Gasteiger partial charge in [-0.2, -0.15) is 0 Å². The van der Waals surface area contributed by atoms with Crippen LogP contribution < -0.4 is 4.90 Å². The summed E-state index contributed by atoms with van der Waals surface area (Å²) in [5, 5.41) is 1.17. The van der Waals surface area contributed by atoms with Gasteiger partial charge in [0.25, 0.3) is 5.91 Å². The van der Waals surface area contributed by atoms with Gasteiger partial charge in [0, 0.05) is 19.0 Å². The van der Waals surface area contributed by atoms with Crippen LogP contribution in [0.25, 0.3) is 10.2 Å². The molecule has 1 aliphatic heterocycles. The maximum Gasteiger partial charge on any atom is 0.277 e. The second-order valence-corrected chi connectivity index (χ2v) is 8.58. The molecule has 6 heteroatoms. The number of thiazole rings is 1.